The second-order valence-electron chi connectivity index (χ2n) is 7.02. The summed E-state index contributed by atoms with van der Waals surface area (Å²) in [7, 11) is 5.66. The molecule has 0 spiro atoms. The summed E-state index contributed by atoms with van der Waals surface area (Å²) in [5, 5.41) is 1.19. The Hall–Kier alpha value is -1.33. The molecule has 1 aliphatic heterocycles. The molecule has 0 fully saturated rings. The number of fused-ring (bicyclic) bond motifs is 3. The lowest BCUT2D eigenvalue weighted by Gasteiger charge is -2.42. The van der Waals surface area contributed by atoms with Gasteiger partial charge in [-0.15, -0.1) is 0 Å². The van der Waals surface area contributed by atoms with Crippen molar-refractivity contribution in [2.45, 2.75) is 26.3 Å². The Kier molecular flexibility index (Phi) is 4.43. The van der Waals surface area contributed by atoms with Crippen LogP contribution >= 0.6 is 43.9 Å². The topological polar surface area (TPSA) is 15.6 Å². The first-order chi connectivity index (χ1) is 12.3. The fourth-order valence-corrected chi connectivity index (χ4v) is 6.71. The van der Waals surface area contributed by atoms with Crippen molar-refractivity contribution >= 4 is 55.3 Å². The minimum absolute atomic E-state index is 0.0870. The highest BCUT2D eigenvalue weighted by Gasteiger charge is 2.37. The van der Waals surface area contributed by atoms with E-state index < -0.39 is 0 Å². The molecule has 0 unspecified atom stereocenters. The minimum atomic E-state index is -0.0870. The summed E-state index contributed by atoms with van der Waals surface area (Å²) in [6.45, 7) is 6.65. The number of hydrogen-bond acceptors (Lipinski definition) is 4. The fourth-order valence-electron chi connectivity index (χ4n) is 3.26. The van der Waals surface area contributed by atoms with E-state index in [1.54, 1.807) is 26.7 Å². The molecule has 1 aliphatic rings. The van der Waals surface area contributed by atoms with Gasteiger partial charge in [-0.1, -0.05) is 55.5 Å². The number of halogens is 2. The maximum absolute atomic E-state index is 6.36. The molecule has 0 N–H and O–H groups in total. The molecule has 0 atom stereocenters. The van der Waals surface area contributed by atoms with Crippen LogP contribution in [0.5, 0.6) is 0 Å². The first-order valence-corrected chi connectivity index (χ1v) is 11.2. The maximum Gasteiger partial charge on any atom is 0.135 e. The average Bonchev–Trinajstić information content (AvgIpc) is 3.00. The predicted octanol–water partition coefficient (Wildman–Crippen LogP) is 7.01. The number of benzene rings is 2. The van der Waals surface area contributed by atoms with Crippen LogP contribution in [0.2, 0.25) is 10.0 Å². The van der Waals surface area contributed by atoms with Gasteiger partial charge in [-0.05, 0) is 51.1 Å². The van der Waals surface area contributed by atoms with E-state index in [1.807, 2.05) is 12.1 Å². The quantitative estimate of drug-likeness (QED) is 0.386. The van der Waals surface area contributed by atoms with Crippen LogP contribution in [-0.4, -0.2) is 7.05 Å². The molecule has 4 rings (SSSR count). The van der Waals surface area contributed by atoms with Crippen molar-refractivity contribution in [2.24, 2.45) is 4.99 Å². The Bertz CT molecular complexity index is 1080. The molecule has 2 heterocycles. The van der Waals surface area contributed by atoms with Gasteiger partial charge in [-0.2, -0.15) is 0 Å². The van der Waals surface area contributed by atoms with Crippen LogP contribution in [0, 0.1) is 6.92 Å². The van der Waals surface area contributed by atoms with E-state index in [4.69, 9.17) is 28.2 Å². The van der Waals surface area contributed by atoms with Gasteiger partial charge >= 0.3 is 0 Å². The van der Waals surface area contributed by atoms with Crippen molar-refractivity contribution in [3.05, 3.63) is 61.6 Å². The van der Waals surface area contributed by atoms with Gasteiger partial charge in [0.2, 0.25) is 0 Å². The van der Waals surface area contributed by atoms with E-state index in [2.05, 4.69) is 50.9 Å². The first-order valence-electron chi connectivity index (χ1n) is 8.27. The van der Waals surface area contributed by atoms with E-state index in [0.717, 1.165) is 10.4 Å². The van der Waals surface area contributed by atoms with Gasteiger partial charge in [-0.3, -0.25) is 0 Å². The number of anilines is 1. The van der Waals surface area contributed by atoms with Crippen LogP contribution in [0.3, 0.4) is 0 Å². The smallest absolute Gasteiger partial charge is 0.135 e. The highest BCUT2D eigenvalue weighted by atomic mass is 35.5. The zero-order valence-corrected chi connectivity index (χ0v) is 18.1. The van der Waals surface area contributed by atoms with Crippen LogP contribution in [0.1, 0.15) is 24.3 Å². The largest absolute Gasteiger partial charge is 0.364 e. The first kappa shape index (κ1) is 18.1. The summed E-state index contributed by atoms with van der Waals surface area (Å²) >= 11 is 12.4. The number of rotatable bonds is 1. The van der Waals surface area contributed by atoms with Gasteiger partial charge in [0.15, 0.2) is 0 Å². The van der Waals surface area contributed by atoms with Crippen molar-refractivity contribution in [3.8, 4) is 11.1 Å². The number of nitrogens with zero attached hydrogens (tertiary/aromatic N) is 2. The number of hydrogen-bond donors (Lipinski definition) is 0. The molecule has 0 saturated heterocycles. The third-order valence-corrected chi connectivity index (χ3v) is 8.12. The molecule has 134 valence electrons. The zero-order chi connectivity index (χ0) is 18.6. The van der Waals surface area contributed by atoms with Crippen LogP contribution < -0.4 is 9.57 Å². The molecule has 2 nitrogen and oxygen atoms in total. The highest BCUT2D eigenvalue weighted by Crippen LogP contribution is 2.48. The van der Waals surface area contributed by atoms with E-state index in [0.29, 0.717) is 10.0 Å². The summed E-state index contributed by atoms with van der Waals surface area (Å²) in [4.78, 5) is 8.59. The monoisotopic (exact) mass is 420 g/mol. The van der Waals surface area contributed by atoms with E-state index in [1.165, 1.54) is 27.3 Å². The summed E-state index contributed by atoms with van der Waals surface area (Å²) in [5.41, 5.74) is 5.61. The highest BCUT2D eigenvalue weighted by molar-refractivity contribution is 7.68. The summed E-state index contributed by atoms with van der Waals surface area (Å²) < 4.78 is 1.00. The summed E-state index contributed by atoms with van der Waals surface area (Å²) in [5.74, 6) is 0. The van der Waals surface area contributed by atoms with Gasteiger partial charge in [0.1, 0.15) is 4.67 Å². The third kappa shape index (κ3) is 2.80. The Morgan fingerprint density at radius 3 is 2.54 bits per heavy atom. The molecule has 0 bridgehead atoms. The lowest BCUT2D eigenvalue weighted by atomic mass is 9.87. The maximum atomic E-state index is 6.36. The van der Waals surface area contributed by atoms with Crippen molar-refractivity contribution in [1.29, 1.82) is 0 Å². The van der Waals surface area contributed by atoms with Gasteiger partial charge in [0.25, 0.3) is 0 Å². The van der Waals surface area contributed by atoms with E-state index in [9.17, 15) is 0 Å². The molecule has 0 aliphatic carbocycles. The summed E-state index contributed by atoms with van der Waals surface area (Å²) in [6.07, 6.45) is 0. The molecule has 6 heteroatoms. The minimum Gasteiger partial charge on any atom is -0.364 e. The van der Waals surface area contributed by atoms with Crippen molar-refractivity contribution in [2.75, 3.05) is 11.9 Å². The predicted molar refractivity (Wildman–Crippen MR) is 115 cm³/mol. The molecule has 0 saturated carbocycles. The molecule has 3 aromatic rings. The SMILES string of the molecule is Cc1ccc2c(c1)-c1c(ssc1=Nc1ccc(Cl)cc1Cl)C(C)(C)N2C. The Morgan fingerprint density at radius 2 is 1.81 bits per heavy atom. The lowest BCUT2D eigenvalue weighted by Crippen LogP contribution is -2.41. The van der Waals surface area contributed by atoms with Crippen molar-refractivity contribution in [3.63, 3.8) is 0 Å². The molecular weight excluding hydrogens is 403 g/mol. The molecule has 26 heavy (non-hydrogen) atoms. The third-order valence-electron chi connectivity index (χ3n) is 4.95. The Morgan fingerprint density at radius 1 is 1.04 bits per heavy atom. The van der Waals surface area contributed by atoms with E-state index in [-0.39, 0.29) is 5.54 Å². The molecular formula is C20H18Cl2N2S2. The molecule has 2 aromatic carbocycles. The Labute approximate surface area is 170 Å². The van der Waals surface area contributed by atoms with Crippen LogP contribution in [0.4, 0.5) is 11.4 Å². The average molecular weight is 421 g/mol. The second-order valence-corrected chi connectivity index (χ2v) is 9.99. The Balaban J connectivity index is 2.02. The van der Waals surface area contributed by atoms with Gasteiger partial charge in [0.05, 0.1) is 21.1 Å². The van der Waals surface area contributed by atoms with Crippen LogP contribution in [0.25, 0.3) is 11.1 Å². The van der Waals surface area contributed by atoms with Crippen LogP contribution in [0.15, 0.2) is 41.4 Å². The van der Waals surface area contributed by atoms with E-state index >= 15 is 0 Å². The van der Waals surface area contributed by atoms with Crippen molar-refractivity contribution < 1.29 is 0 Å². The zero-order valence-electron chi connectivity index (χ0n) is 14.9. The second kappa shape index (κ2) is 6.38. The standard InChI is InChI=1S/C20H18Cl2N2S2/c1-11-5-8-16-13(9-11)17-18(20(2,3)24(16)4)25-26-19(17)23-15-7-6-12(21)10-14(15)22/h5-10H,1-4H3. The normalized spacial score (nSPS) is 15.8. The van der Waals surface area contributed by atoms with Gasteiger partial charge in [-0.25, -0.2) is 4.99 Å². The molecule has 0 radical (unpaired) electrons. The van der Waals surface area contributed by atoms with Gasteiger partial charge in [0, 0.05) is 28.9 Å². The summed E-state index contributed by atoms with van der Waals surface area (Å²) in [6, 6.07) is 12.1. The number of aryl methyl sites for hydroxylation is 1. The van der Waals surface area contributed by atoms with Crippen molar-refractivity contribution in [1.82, 2.24) is 0 Å². The molecule has 0 amide bonds. The molecule has 1 aromatic heterocycles. The van der Waals surface area contributed by atoms with Gasteiger partial charge < -0.3 is 4.90 Å². The fraction of sp³-hybridized carbons (Fsp3) is 0.250. The van der Waals surface area contributed by atoms with Crippen LogP contribution in [-0.2, 0) is 5.54 Å². The lowest BCUT2D eigenvalue weighted by molar-refractivity contribution is 0.521.